The van der Waals surface area contributed by atoms with Gasteiger partial charge in [-0.2, -0.15) is 0 Å². The summed E-state index contributed by atoms with van der Waals surface area (Å²) < 4.78 is 11.1. The first-order valence-electron chi connectivity index (χ1n) is 9.10. The van der Waals surface area contributed by atoms with Gasteiger partial charge in [0.1, 0.15) is 0 Å². The number of benzene rings is 2. The van der Waals surface area contributed by atoms with Crippen molar-refractivity contribution in [2.24, 2.45) is 0 Å². The minimum atomic E-state index is -1.05. The molecule has 148 valence electrons. The van der Waals surface area contributed by atoms with Gasteiger partial charge in [0.05, 0.1) is 42.9 Å². The van der Waals surface area contributed by atoms with Gasteiger partial charge in [0.15, 0.2) is 0 Å². The molecule has 0 spiro atoms. The maximum Gasteiger partial charge on any atom is 0.335 e. The lowest BCUT2D eigenvalue weighted by Gasteiger charge is -2.30. The Bertz CT molecular complexity index is 844. The van der Waals surface area contributed by atoms with E-state index >= 15 is 0 Å². The van der Waals surface area contributed by atoms with Crippen molar-refractivity contribution in [2.75, 3.05) is 43.6 Å². The van der Waals surface area contributed by atoms with Crippen LogP contribution in [0.5, 0.6) is 0 Å². The lowest BCUT2D eigenvalue weighted by atomic mass is 10.1. The molecule has 7 nitrogen and oxygen atoms in total. The van der Waals surface area contributed by atoms with Gasteiger partial charge >= 0.3 is 5.97 Å². The highest BCUT2D eigenvalue weighted by molar-refractivity contribution is 6.06. The van der Waals surface area contributed by atoms with E-state index in [1.165, 1.54) is 12.1 Å². The summed E-state index contributed by atoms with van der Waals surface area (Å²) in [6, 6.07) is 11.9. The minimum Gasteiger partial charge on any atom is -0.478 e. The van der Waals surface area contributed by atoms with E-state index in [0.717, 1.165) is 5.56 Å². The number of carboxylic acid groups (broad SMARTS) is 1. The number of amides is 1. The molecule has 2 N–H and O–H groups in total. The van der Waals surface area contributed by atoms with Gasteiger partial charge in [0.25, 0.3) is 5.91 Å². The zero-order chi connectivity index (χ0) is 20.1. The lowest BCUT2D eigenvalue weighted by molar-refractivity contribution is -0.0837. The van der Waals surface area contributed by atoms with Crippen molar-refractivity contribution in [3.63, 3.8) is 0 Å². The van der Waals surface area contributed by atoms with E-state index in [-0.39, 0.29) is 17.6 Å². The number of hydrogen-bond donors (Lipinski definition) is 2. The molecule has 1 amide bonds. The Balaban J connectivity index is 1.83. The first-order chi connectivity index (χ1) is 13.4. The predicted molar refractivity (Wildman–Crippen MR) is 106 cm³/mol. The molecular formula is C21H24N2O5. The summed E-state index contributed by atoms with van der Waals surface area (Å²) in [5.74, 6) is -1.35. The van der Waals surface area contributed by atoms with Crippen LogP contribution in [0.1, 0.15) is 26.3 Å². The van der Waals surface area contributed by atoms with Crippen LogP contribution in [0.15, 0.2) is 42.5 Å². The fraction of sp³-hybridized carbons (Fsp3) is 0.333. The number of carbonyl (C=O) groups is 2. The van der Waals surface area contributed by atoms with Gasteiger partial charge in [0, 0.05) is 19.2 Å². The van der Waals surface area contributed by atoms with Crippen LogP contribution in [0.3, 0.4) is 0 Å². The first-order valence-corrected chi connectivity index (χ1v) is 9.10. The SMILES string of the molecule is Cc1ccc(C(=O)Nc2cc(C(=O)O)ccc2N(C)CC2COCCO2)cc1. The van der Waals surface area contributed by atoms with Crippen LogP contribution in [0, 0.1) is 6.92 Å². The molecule has 28 heavy (non-hydrogen) atoms. The number of aryl methyl sites for hydroxylation is 1. The Hall–Kier alpha value is -2.90. The highest BCUT2D eigenvalue weighted by atomic mass is 16.6. The largest absolute Gasteiger partial charge is 0.478 e. The monoisotopic (exact) mass is 384 g/mol. The molecule has 7 heteroatoms. The predicted octanol–water partition coefficient (Wildman–Crippen LogP) is 2.80. The Labute approximate surface area is 163 Å². The minimum absolute atomic E-state index is 0.0847. The molecule has 3 rings (SSSR count). The number of nitrogens with one attached hydrogen (secondary N) is 1. The third kappa shape index (κ3) is 4.88. The molecule has 0 aromatic heterocycles. The Morgan fingerprint density at radius 3 is 2.50 bits per heavy atom. The maximum atomic E-state index is 12.6. The average Bonchev–Trinajstić information content (AvgIpc) is 2.69. The number of anilines is 2. The second kappa shape index (κ2) is 8.86. The van der Waals surface area contributed by atoms with Crippen molar-refractivity contribution in [3.8, 4) is 0 Å². The average molecular weight is 384 g/mol. The van der Waals surface area contributed by atoms with Gasteiger partial charge in [-0.15, -0.1) is 0 Å². The summed E-state index contributed by atoms with van der Waals surface area (Å²) in [6.07, 6.45) is -0.0847. The zero-order valence-electron chi connectivity index (χ0n) is 16.0. The van der Waals surface area contributed by atoms with Crippen LogP contribution in [-0.2, 0) is 9.47 Å². The maximum absolute atomic E-state index is 12.6. The molecular weight excluding hydrogens is 360 g/mol. The molecule has 1 aliphatic rings. The topological polar surface area (TPSA) is 88.1 Å². The van der Waals surface area contributed by atoms with Crippen LogP contribution in [0.4, 0.5) is 11.4 Å². The molecule has 1 aliphatic heterocycles. The highest BCUT2D eigenvalue weighted by Crippen LogP contribution is 2.28. The standard InChI is InChI=1S/C21H24N2O5/c1-14-3-5-15(6-4-14)20(24)22-18-11-16(21(25)26)7-8-19(18)23(2)12-17-13-27-9-10-28-17/h3-8,11,17H,9-10,12-13H2,1-2H3,(H,22,24)(H,25,26). The van der Waals surface area contributed by atoms with Gasteiger partial charge in [0.2, 0.25) is 0 Å². The molecule has 0 radical (unpaired) electrons. The summed E-state index contributed by atoms with van der Waals surface area (Å²) in [4.78, 5) is 26.0. The summed E-state index contributed by atoms with van der Waals surface area (Å²) in [5, 5.41) is 12.2. The molecule has 0 aliphatic carbocycles. The second-order valence-corrected chi connectivity index (χ2v) is 6.81. The van der Waals surface area contributed by atoms with Crippen LogP contribution < -0.4 is 10.2 Å². The summed E-state index contributed by atoms with van der Waals surface area (Å²) >= 11 is 0. The van der Waals surface area contributed by atoms with Crippen LogP contribution >= 0.6 is 0 Å². The first kappa shape index (κ1) is 19.9. The van der Waals surface area contributed by atoms with E-state index < -0.39 is 5.97 Å². The fourth-order valence-corrected chi connectivity index (χ4v) is 3.05. The summed E-state index contributed by atoms with van der Waals surface area (Å²) in [6.45, 7) is 4.14. The van der Waals surface area contributed by atoms with Crippen molar-refractivity contribution in [3.05, 3.63) is 59.2 Å². The van der Waals surface area contributed by atoms with Crippen molar-refractivity contribution < 1.29 is 24.2 Å². The number of ether oxygens (including phenoxy) is 2. The molecule has 1 heterocycles. The van der Waals surface area contributed by atoms with Crippen LogP contribution in [0.25, 0.3) is 0 Å². The van der Waals surface area contributed by atoms with Crippen LogP contribution in [-0.4, -0.2) is 56.5 Å². The molecule has 0 bridgehead atoms. The van der Waals surface area contributed by atoms with Crippen molar-refractivity contribution in [1.82, 2.24) is 0 Å². The van der Waals surface area contributed by atoms with Crippen LogP contribution in [0.2, 0.25) is 0 Å². The van der Waals surface area contributed by atoms with Gasteiger partial charge in [-0.1, -0.05) is 17.7 Å². The number of likely N-dealkylation sites (N-methyl/N-ethyl adjacent to an activating group) is 1. The number of aromatic carboxylic acids is 1. The van der Waals surface area contributed by atoms with Crippen molar-refractivity contribution >= 4 is 23.3 Å². The quantitative estimate of drug-likeness (QED) is 0.796. The highest BCUT2D eigenvalue weighted by Gasteiger charge is 2.20. The van der Waals surface area contributed by atoms with Gasteiger partial charge in [-0.25, -0.2) is 4.79 Å². The summed E-state index contributed by atoms with van der Waals surface area (Å²) in [7, 11) is 1.87. The molecule has 2 aromatic rings. The Morgan fingerprint density at radius 1 is 1.14 bits per heavy atom. The zero-order valence-corrected chi connectivity index (χ0v) is 16.0. The second-order valence-electron chi connectivity index (χ2n) is 6.81. The Morgan fingerprint density at radius 2 is 1.86 bits per heavy atom. The van der Waals surface area contributed by atoms with Gasteiger partial charge in [-0.05, 0) is 37.3 Å². The fourth-order valence-electron chi connectivity index (χ4n) is 3.05. The molecule has 0 saturated carbocycles. The van der Waals surface area contributed by atoms with E-state index in [4.69, 9.17) is 9.47 Å². The van der Waals surface area contributed by atoms with E-state index in [1.54, 1.807) is 18.2 Å². The van der Waals surface area contributed by atoms with Gasteiger partial charge in [-0.3, -0.25) is 4.79 Å². The smallest absolute Gasteiger partial charge is 0.335 e. The molecule has 1 fully saturated rings. The number of carboxylic acids is 1. The number of carbonyl (C=O) groups excluding carboxylic acids is 1. The van der Waals surface area contributed by atoms with Crippen molar-refractivity contribution in [2.45, 2.75) is 13.0 Å². The number of nitrogens with zero attached hydrogens (tertiary/aromatic N) is 1. The van der Waals surface area contributed by atoms with Gasteiger partial charge < -0.3 is 24.8 Å². The summed E-state index contributed by atoms with van der Waals surface area (Å²) in [5.41, 5.74) is 2.81. The number of hydrogen-bond acceptors (Lipinski definition) is 5. The van der Waals surface area contributed by atoms with E-state index in [1.807, 2.05) is 31.0 Å². The molecule has 1 saturated heterocycles. The normalized spacial score (nSPS) is 16.4. The van der Waals surface area contributed by atoms with E-state index in [0.29, 0.717) is 43.3 Å². The van der Waals surface area contributed by atoms with E-state index in [2.05, 4.69) is 5.32 Å². The van der Waals surface area contributed by atoms with Crippen molar-refractivity contribution in [1.29, 1.82) is 0 Å². The third-order valence-electron chi connectivity index (χ3n) is 4.58. The molecule has 2 aromatic carbocycles. The number of rotatable bonds is 6. The molecule has 1 unspecified atom stereocenters. The van der Waals surface area contributed by atoms with E-state index in [9.17, 15) is 14.7 Å². The lowest BCUT2D eigenvalue weighted by Crippen LogP contribution is -2.38. The Kier molecular flexibility index (Phi) is 6.28. The third-order valence-corrected chi connectivity index (χ3v) is 4.58. The molecule has 1 atom stereocenters.